The Morgan fingerprint density at radius 2 is 1.68 bits per heavy atom. The van der Waals surface area contributed by atoms with Crippen LogP contribution in [0.1, 0.15) is 34.9 Å². The number of hydrogen-bond acceptors (Lipinski definition) is 7. The highest BCUT2D eigenvalue weighted by Crippen LogP contribution is 2.33. The molecule has 3 heterocycles. The Balaban J connectivity index is 1.18. The van der Waals surface area contributed by atoms with Gasteiger partial charge in [0.15, 0.2) is 11.5 Å². The van der Waals surface area contributed by atoms with Crippen LogP contribution >= 0.6 is 0 Å². The van der Waals surface area contributed by atoms with Gasteiger partial charge in [-0.25, -0.2) is 0 Å². The molecule has 0 saturated carbocycles. The van der Waals surface area contributed by atoms with Crippen LogP contribution in [0.3, 0.4) is 0 Å². The molecule has 2 N–H and O–H groups in total. The molecule has 2 unspecified atom stereocenters. The van der Waals surface area contributed by atoms with Crippen LogP contribution in [-0.2, 0) is 11.8 Å². The summed E-state index contributed by atoms with van der Waals surface area (Å²) in [4.78, 5) is 28.5. The molecule has 0 bridgehead atoms. The number of aliphatic hydroxyl groups is 1. The third-order valence-electron chi connectivity index (χ3n) is 7.69. The van der Waals surface area contributed by atoms with Crippen molar-refractivity contribution in [2.24, 2.45) is 7.05 Å². The van der Waals surface area contributed by atoms with Gasteiger partial charge in [0.1, 0.15) is 19.3 Å². The van der Waals surface area contributed by atoms with Crippen molar-refractivity contribution in [3.63, 3.8) is 0 Å². The van der Waals surface area contributed by atoms with Crippen LogP contribution in [-0.4, -0.2) is 70.4 Å². The Morgan fingerprint density at radius 3 is 2.45 bits per heavy atom. The quantitative estimate of drug-likeness (QED) is 0.260. The first kappa shape index (κ1) is 26.0. The number of likely N-dealkylation sites (tertiary alicyclic amines) is 1. The molecule has 206 valence electrons. The lowest BCUT2D eigenvalue weighted by atomic mass is 9.99. The van der Waals surface area contributed by atoms with Crippen molar-refractivity contribution in [1.82, 2.24) is 20.0 Å². The number of hydrogen-bond donors (Lipinski definition) is 2. The predicted octanol–water partition coefficient (Wildman–Crippen LogP) is 3.51. The van der Waals surface area contributed by atoms with E-state index in [-0.39, 0.29) is 5.56 Å². The van der Waals surface area contributed by atoms with E-state index in [1.54, 1.807) is 30.3 Å². The number of fused-ring (bicyclic) bond motifs is 2. The summed E-state index contributed by atoms with van der Waals surface area (Å²) in [6, 6.07) is 17.7. The van der Waals surface area contributed by atoms with Crippen molar-refractivity contribution in [3.8, 4) is 22.6 Å². The van der Waals surface area contributed by atoms with Gasteiger partial charge in [-0.15, -0.1) is 0 Å². The molecule has 6 rings (SSSR count). The van der Waals surface area contributed by atoms with E-state index in [1.165, 1.54) is 0 Å². The van der Waals surface area contributed by atoms with Gasteiger partial charge in [0, 0.05) is 24.5 Å². The maximum atomic E-state index is 13.2. The number of rotatable bonds is 8. The SMILES string of the molecule is Cn1ncc2cc(-c3ccc(C(=O)C(=O)NC(CN4CCCC4)C(O)c4ccc5c(c4)OCCO5)cc3)ccc21. The lowest BCUT2D eigenvalue weighted by Crippen LogP contribution is -2.48. The van der Waals surface area contributed by atoms with E-state index < -0.39 is 23.8 Å². The van der Waals surface area contributed by atoms with Crippen molar-refractivity contribution in [3.05, 3.63) is 78.0 Å². The van der Waals surface area contributed by atoms with Crippen LogP contribution < -0.4 is 14.8 Å². The van der Waals surface area contributed by atoms with Crippen LogP contribution in [0.5, 0.6) is 11.5 Å². The molecule has 2 atom stereocenters. The van der Waals surface area contributed by atoms with E-state index in [2.05, 4.69) is 15.3 Å². The fraction of sp³-hybridized carbons (Fsp3) is 0.323. The third kappa shape index (κ3) is 5.30. The average Bonchev–Trinajstić information content (AvgIpc) is 3.65. The summed E-state index contributed by atoms with van der Waals surface area (Å²) >= 11 is 0. The molecule has 2 aliphatic rings. The highest BCUT2D eigenvalue weighted by molar-refractivity contribution is 6.42. The molecule has 9 heteroatoms. The minimum absolute atomic E-state index is 0.289. The molecule has 9 nitrogen and oxygen atoms in total. The van der Waals surface area contributed by atoms with Crippen LogP contribution in [0.15, 0.2) is 66.9 Å². The summed E-state index contributed by atoms with van der Waals surface area (Å²) in [7, 11) is 1.90. The van der Waals surface area contributed by atoms with E-state index in [9.17, 15) is 14.7 Å². The number of carbonyl (C=O) groups is 2. The minimum atomic E-state index is -1.03. The lowest BCUT2D eigenvalue weighted by Gasteiger charge is -2.29. The number of aliphatic hydroxyl groups excluding tert-OH is 1. The molecule has 1 aromatic heterocycles. The average molecular weight is 541 g/mol. The summed E-state index contributed by atoms with van der Waals surface area (Å²) in [6.45, 7) is 3.13. The number of nitrogens with zero attached hydrogens (tertiary/aromatic N) is 3. The third-order valence-corrected chi connectivity index (χ3v) is 7.69. The highest BCUT2D eigenvalue weighted by Gasteiger charge is 2.30. The zero-order valence-corrected chi connectivity index (χ0v) is 22.4. The zero-order valence-electron chi connectivity index (χ0n) is 22.4. The van der Waals surface area contributed by atoms with E-state index in [4.69, 9.17) is 9.47 Å². The van der Waals surface area contributed by atoms with E-state index in [0.717, 1.165) is 48.0 Å². The molecular formula is C31H32N4O5. The molecule has 1 saturated heterocycles. The Labute approximate surface area is 232 Å². The smallest absolute Gasteiger partial charge is 0.292 e. The number of Topliss-reactive ketones (excluding diaryl/α,β-unsaturated/α-hetero) is 1. The number of ketones is 1. The molecular weight excluding hydrogens is 508 g/mol. The molecule has 40 heavy (non-hydrogen) atoms. The summed E-state index contributed by atoms with van der Waals surface area (Å²) in [5.74, 6) is -0.199. The van der Waals surface area contributed by atoms with Crippen LogP contribution in [0, 0.1) is 0 Å². The van der Waals surface area contributed by atoms with E-state index >= 15 is 0 Å². The number of benzene rings is 3. The fourth-order valence-corrected chi connectivity index (χ4v) is 5.47. The topological polar surface area (TPSA) is 106 Å². The first-order chi connectivity index (χ1) is 19.5. The molecule has 3 aromatic carbocycles. The second kappa shape index (κ2) is 11.1. The molecule has 1 fully saturated rings. The summed E-state index contributed by atoms with van der Waals surface area (Å²) < 4.78 is 13.1. The first-order valence-corrected chi connectivity index (χ1v) is 13.6. The normalized spacial score (nSPS) is 16.6. The number of aryl methyl sites for hydroxylation is 1. The summed E-state index contributed by atoms with van der Waals surface area (Å²) in [6.07, 6.45) is 2.93. The van der Waals surface area contributed by atoms with Gasteiger partial charge in [0.05, 0.1) is 17.8 Å². The lowest BCUT2D eigenvalue weighted by molar-refractivity contribution is -0.118. The van der Waals surface area contributed by atoms with Crippen LogP contribution in [0.2, 0.25) is 0 Å². The second-order valence-electron chi connectivity index (χ2n) is 10.4. The zero-order chi connectivity index (χ0) is 27.6. The van der Waals surface area contributed by atoms with E-state index in [0.29, 0.717) is 36.8 Å². The van der Waals surface area contributed by atoms with Gasteiger partial charge in [-0.05, 0) is 66.9 Å². The molecule has 0 radical (unpaired) electrons. The first-order valence-electron chi connectivity index (χ1n) is 13.6. The maximum Gasteiger partial charge on any atom is 0.292 e. The monoisotopic (exact) mass is 540 g/mol. The summed E-state index contributed by atoms with van der Waals surface area (Å²) in [5.41, 5.74) is 3.85. The highest BCUT2D eigenvalue weighted by atomic mass is 16.6. The molecule has 2 aliphatic heterocycles. The fourth-order valence-electron chi connectivity index (χ4n) is 5.47. The largest absolute Gasteiger partial charge is 0.486 e. The van der Waals surface area contributed by atoms with Crippen molar-refractivity contribution in [2.45, 2.75) is 25.0 Å². The van der Waals surface area contributed by atoms with E-state index in [1.807, 2.05) is 48.3 Å². The number of aromatic nitrogens is 2. The minimum Gasteiger partial charge on any atom is -0.486 e. The van der Waals surface area contributed by atoms with Crippen molar-refractivity contribution < 1.29 is 24.2 Å². The number of carbonyl (C=O) groups excluding carboxylic acids is 2. The van der Waals surface area contributed by atoms with Gasteiger partial charge in [-0.3, -0.25) is 14.3 Å². The Kier molecular flexibility index (Phi) is 7.23. The standard InChI is InChI=1S/C31H32N4O5/c1-34-26-10-8-22(16-24(26)18-32-34)20-4-6-21(7-5-20)30(37)31(38)33-25(19-35-12-2-3-13-35)29(36)23-9-11-27-28(17-23)40-15-14-39-27/h4-11,16-18,25,29,36H,2-3,12-15,19H2,1H3,(H,33,38). The number of ether oxygens (including phenoxy) is 2. The van der Waals surface area contributed by atoms with Gasteiger partial charge < -0.3 is 24.8 Å². The maximum absolute atomic E-state index is 13.2. The van der Waals surface area contributed by atoms with Gasteiger partial charge >= 0.3 is 0 Å². The second-order valence-corrected chi connectivity index (χ2v) is 10.4. The van der Waals surface area contributed by atoms with Gasteiger partial charge in [-0.1, -0.05) is 36.4 Å². The van der Waals surface area contributed by atoms with Gasteiger partial charge in [-0.2, -0.15) is 5.10 Å². The van der Waals surface area contributed by atoms with Gasteiger partial charge in [0.25, 0.3) is 5.91 Å². The van der Waals surface area contributed by atoms with Crippen molar-refractivity contribution in [1.29, 1.82) is 0 Å². The van der Waals surface area contributed by atoms with Crippen LogP contribution in [0.4, 0.5) is 0 Å². The number of nitrogens with one attached hydrogen (secondary N) is 1. The number of amides is 1. The Bertz CT molecular complexity index is 1540. The Hall–Kier alpha value is -4.21. The van der Waals surface area contributed by atoms with Crippen molar-refractivity contribution in [2.75, 3.05) is 32.8 Å². The predicted molar refractivity (Wildman–Crippen MR) is 150 cm³/mol. The van der Waals surface area contributed by atoms with Crippen molar-refractivity contribution >= 4 is 22.6 Å². The molecule has 0 aliphatic carbocycles. The molecule has 4 aromatic rings. The Morgan fingerprint density at radius 1 is 0.950 bits per heavy atom. The van der Waals surface area contributed by atoms with Crippen LogP contribution in [0.25, 0.3) is 22.0 Å². The van der Waals surface area contributed by atoms with Gasteiger partial charge in [0.2, 0.25) is 5.78 Å². The molecule has 0 spiro atoms. The summed E-state index contributed by atoms with van der Waals surface area (Å²) in [5, 5.41) is 19.5. The molecule has 1 amide bonds.